The van der Waals surface area contributed by atoms with Gasteiger partial charge in [-0.2, -0.15) is 0 Å². The van der Waals surface area contributed by atoms with Gasteiger partial charge >= 0.3 is 0 Å². The van der Waals surface area contributed by atoms with Crippen LogP contribution in [0.3, 0.4) is 0 Å². The van der Waals surface area contributed by atoms with Crippen molar-refractivity contribution in [2.45, 2.75) is 33.1 Å². The van der Waals surface area contributed by atoms with Crippen molar-refractivity contribution >= 4 is 34.6 Å². The number of rotatable bonds is 3. The highest BCUT2D eigenvalue weighted by atomic mass is 16.2. The number of para-hydroxylation sites is 2. The smallest absolute Gasteiger partial charge is 0.244 e. The number of anilines is 2. The molecule has 1 atom stereocenters. The van der Waals surface area contributed by atoms with Gasteiger partial charge in [0.15, 0.2) is 0 Å². The zero-order valence-electron chi connectivity index (χ0n) is 15.7. The lowest BCUT2D eigenvalue weighted by Gasteiger charge is -2.24. The predicted octanol–water partition coefficient (Wildman–Crippen LogP) is 4.16. The molecule has 0 spiro atoms. The maximum atomic E-state index is 13.1. The van der Waals surface area contributed by atoms with Crippen molar-refractivity contribution in [2.24, 2.45) is 10.9 Å². The van der Waals surface area contributed by atoms with Crippen molar-refractivity contribution < 1.29 is 9.59 Å². The van der Waals surface area contributed by atoms with Gasteiger partial charge in [0, 0.05) is 11.4 Å². The summed E-state index contributed by atoms with van der Waals surface area (Å²) in [5.41, 5.74) is 5.47. The van der Waals surface area contributed by atoms with Gasteiger partial charge in [0.05, 0.1) is 17.3 Å². The Hall–Kier alpha value is -2.95. The fraction of sp³-hybridized carbons (Fsp3) is 0.318. The van der Waals surface area contributed by atoms with Gasteiger partial charge in [-0.05, 0) is 68.5 Å². The first kappa shape index (κ1) is 17.5. The molecule has 1 fully saturated rings. The summed E-state index contributed by atoms with van der Waals surface area (Å²) in [4.78, 5) is 32.2. The third-order valence-electron chi connectivity index (χ3n) is 5.42. The molecule has 2 aromatic rings. The van der Waals surface area contributed by atoms with Crippen LogP contribution in [-0.2, 0) is 9.59 Å². The second kappa shape index (κ2) is 6.99. The number of aryl methyl sites for hydroxylation is 2. The maximum Gasteiger partial charge on any atom is 0.244 e. The summed E-state index contributed by atoms with van der Waals surface area (Å²) in [6, 6.07) is 13.4. The molecule has 1 aliphatic carbocycles. The van der Waals surface area contributed by atoms with E-state index in [-0.39, 0.29) is 24.3 Å². The van der Waals surface area contributed by atoms with Crippen LogP contribution in [0.4, 0.5) is 17.1 Å². The Kier molecular flexibility index (Phi) is 4.52. The molecule has 1 heterocycles. The third kappa shape index (κ3) is 3.37. The average Bonchev–Trinajstić information content (AvgIpc) is 3.07. The quantitative estimate of drug-likeness (QED) is 0.892. The van der Waals surface area contributed by atoms with Gasteiger partial charge < -0.3 is 10.2 Å². The maximum absolute atomic E-state index is 13.1. The number of nitrogens with one attached hydrogen (secondary N) is 1. The van der Waals surface area contributed by atoms with Gasteiger partial charge in [-0.25, -0.2) is 0 Å². The topological polar surface area (TPSA) is 61.8 Å². The van der Waals surface area contributed by atoms with E-state index in [1.165, 1.54) is 5.56 Å². The van der Waals surface area contributed by atoms with Crippen molar-refractivity contribution in [3.8, 4) is 0 Å². The standard InChI is InChI=1S/C22H23N3O2/c1-14-10-11-16(12-15(14)2)23-21(26)13-25-20-9-4-3-7-19(20)24-18-8-5-6-17(18)22(25)27/h3-4,7,9-12,17H,5-6,8,13H2,1-2H3,(H,23,26)/t17-/m0/s1. The molecule has 2 amide bonds. The molecule has 0 radical (unpaired) electrons. The first-order chi connectivity index (χ1) is 13.0. The van der Waals surface area contributed by atoms with E-state index in [0.717, 1.165) is 41.9 Å². The largest absolute Gasteiger partial charge is 0.325 e. The number of amides is 2. The monoisotopic (exact) mass is 361 g/mol. The highest BCUT2D eigenvalue weighted by molar-refractivity contribution is 6.16. The van der Waals surface area contributed by atoms with E-state index in [2.05, 4.69) is 5.32 Å². The zero-order chi connectivity index (χ0) is 19.0. The van der Waals surface area contributed by atoms with E-state index in [9.17, 15) is 9.59 Å². The second-order valence-electron chi connectivity index (χ2n) is 7.31. The predicted molar refractivity (Wildman–Crippen MR) is 108 cm³/mol. The Morgan fingerprint density at radius 3 is 2.81 bits per heavy atom. The minimum atomic E-state index is -0.206. The van der Waals surface area contributed by atoms with Crippen molar-refractivity contribution in [3.63, 3.8) is 0 Å². The van der Waals surface area contributed by atoms with Crippen LogP contribution in [0.25, 0.3) is 0 Å². The number of fused-ring (bicyclic) bond motifs is 2. The van der Waals surface area contributed by atoms with Crippen LogP contribution in [0.2, 0.25) is 0 Å². The summed E-state index contributed by atoms with van der Waals surface area (Å²) in [7, 11) is 0. The summed E-state index contributed by atoms with van der Waals surface area (Å²) >= 11 is 0. The Bertz CT molecular complexity index is 948. The molecule has 5 nitrogen and oxygen atoms in total. The van der Waals surface area contributed by atoms with E-state index >= 15 is 0 Å². The third-order valence-corrected chi connectivity index (χ3v) is 5.42. The van der Waals surface area contributed by atoms with Crippen LogP contribution in [0.5, 0.6) is 0 Å². The van der Waals surface area contributed by atoms with Gasteiger partial charge in [-0.3, -0.25) is 14.6 Å². The number of nitrogens with zero attached hydrogens (tertiary/aromatic N) is 2. The van der Waals surface area contributed by atoms with E-state index < -0.39 is 0 Å². The Labute approximate surface area is 159 Å². The zero-order valence-corrected chi connectivity index (χ0v) is 15.7. The first-order valence-corrected chi connectivity index (χ1v) is 9.38. The summed E-state index contributed by atoms with van der Waals surface area (Å²) in [5, 5.41) is 2.92. The van der Waals surface area contributed by atoms with Crippen LogP contribution in [0, 0.1) is 19.8 Å². The van der Waals surface area contributed by atoms with Gasteiger partial charge in [0.25, 0.3) is 0 Å². The lowest BCUT2D eigenvalue weighted by atomic mass is 10.1. The fourth-order valence-corrected chi connectivity index (χ4v) is 3.80. The molecule has 27 heavy (non-hydrogen) atoms. The minimum absolute atomic E-state index is 0.0118. The molecular weight excluding hydrogens is 338 g/mol. The molecule has 2 aliphatic rings. The number of carbonyl (C=O) groups is 2. The van der Waals surface area contributed by atoms with E-state index in [0.29, 0.717) is 5.69 Å². The lowest BCUT2D eigenvalue weighted by molar-refractivity contribution is -0.122. The summed E-state index contributed by atoms with van der Waals surface area (Å²) in [6.45, 7) is 4.04. The van der Waals surface area contributed by atoms with Gasteiger partial charge in [-0.1, -0.05) is 18.2 Å². The summed E-state index contributed by atoms with van der Waals surface area (Å²) in [5.74, 6) is -0.430. The van der Waals surface area contributed by atoms with Gasteiger partial charge in [0.1, 0.15) is 6.54 Å². The highest BCUT2D eigenvalue weighted by Gasteiger charge is 2.37. The number of benzene rings is 2. The molecule has 0 aromatic heterocycles. The number of hydrogen-bond acceptors (Lipinski definition) is 3. The van der Waals surface area contributed by atoms with E-state index in [4.69, 9.17) is 4.99 Å². The Morgan fingerprint density at radius 2 is 2.00 bits per heavy atom. The Morgan fingerprint density at radius 1 is 1.19 bits per heavy atom. The van der Waals surface area contributed by atoms with Crippen LogP contribution in [0.15, 0.2) is 47.5 Å². The van der Waals surface area contributed by atoms with E-state index in [1.54, 1.807) is 4.90 Å². The molecule has 0 unspecified atom stereocenters. The highest BCUT2D eigenvalue weighted by Crippen LogP contribution is 2.37. The molecule has 1 saturated carbocycles. The molecule has 5 heteroatoms. The second-order valence-corrected chi connectivity index (χ2v) is 7.31. The van der Waals surface area contributed by atoms with Crippen molar-refractivity contribution in [1.82, 2.24) is 0 Å². The molecule has 138 valence electrons. The summed E-state index contributed by atoms with van der Waals surface area (Å²) < 4.78 is 0. The van der Waals surface area contributed by atoms with Crippen molar-refractivity contribution in [2.75, 3.05) is 16.8 Å². The molecule has 4 rings (SSSR count). The van der Waals surface area contributed by atoms with Crippen LogP contribution in [0.1, 0.15) is 30.4 Å². The molecule has 2 aromatic carbocycles. The van der Waals surface area contributed by atoms with Crippen molar-refractivity contribution in [1.29, 1.82) is 0 Å². The Balaban J connectivity index is 1.59. The molecular formula is C22H23N3O2. The normalized spacial score (nSPS) is 18.4. The van der Waals surface area contributed by atoms with Gasteiger partial charge in [0.2, 0.25) is 11.8 Å². The molecule has 1 N–H and O–H groups in total. The summed E-state index contributed by atoms with van der Waals surface area (Å²) in [6.07, 6.45) is 2.63. The lowest BCUT2D eigenvalue weighted by Crippen LogP contribution is -2.41. The van der Waals surface area contributed by atoms with Crippen LogP contribution in [-0.4, -0.2) is 24.1 Å². The SMILES string of the molecule is Cc1ccc(NC(=O)CN2C(=O)[C@H]3CCCC3=Nc3ccccc32)cc1C. The fourth-order valence-electron chi connectivity index (χ4n) is 3.80. The minimum Gasteiger partial charge on any atom is -0.325 e. The number of aliphatic imine (C=N–C) groups is 1. The molecule has 0 bridgehead atoms. The average molecular weight is 361 g/mol. The number of carbonyl (C=O) groups excluding carboxylic acids is 2. The van der Waals surface area contributed by atoms with Gasteiger partial charge in [-0.15, -0.1) is 0 Å². The van der Waals surface area contributed by atoms with Crippen LogP contribution < -0.4 is 10.2 Å². The van der Waals surface area contributed by atoms with Crippen molar-refractivity contribution in [3.05, 3.63) is 53.6 Å². The first-order valence-electron chi connectivity index (χ1n) is 9.38. The van der Waals surface area contributed by atoms with Crippen LogP contribution >= 0.6 is 0 Å². The molecule has 1 aliphatic heterocycles. The number of hydrogen-bond donors (Lipinski definition) is 1. The van der Waals surface area contributed by atoms with E-state index in [1.807, 2.05) is 56.3 Å². The molecule has 0 saturated heterocycles.